The van der Waals surface area contributed by atoms with Gasteiger partial charge >= 0.3 is 0 Å². The summed E-state index contributed by atoms with van der Waals surface area (Å²) in [6.07, 6.45) is 4.75. The first-order valence-electron chi connectivity index (χ1n) is 6.57. The Morgan fingerprint density at radius 1 is 1.18 bits per heavy atom. The summed E-state index contributed by atoms with van der Waals surface area (Å²) in [4.78, 5) is 8.66. The van der Waals surface area contributed by atoms with Gasteiger partial charge in [0.05, 0.1) is 0 Å². The largest absolute Gasteiger partial charge is 0.370 e. The molecule has 0 spiro atoms. The molecule has 2 N–H and O–H groups in total. The molecule has 0 aliphatic heterocycles. The molecule has 0 aromatic carbocycles. The molecule has 96 valence electrons. The summed E-state index contributed by atoms with van der Waals surface area (Å²) in [5.74, 6) is 1.94. The van der Waals surface area contributed by atoms with Crippen LogP contribution in [0.4, 0.5) is 11.6 Å². The van der Waals surface area contributed by atoms with Crippen molar-refractivity contribution in [2.45, 2.75) is 53.0 Å². The van der Waals surface area contributed by atoms with E-state index in [-0.39, 0.29) is 0 Å². The van der Waals surface area contributed by atoms with Crippen LogP contribution >= 0.6 is 0 Å². The summed E-state index contributed by atoms with van der Waals surface area (Å²) in [5, 5.41) is 6.79. The fourth-order valence-electron chi connectivity index (χ4n) is 1.60. The highest BCUT2D eigenvalue weighted by atomic mass is 15.1. The highest BCUT2D eigenvalue weighted by molar-refractivity contribution is 5.57. The number of aromatic nitrogens is 2. The zero-order valence-electron chi connectivity index (χ0n) is 11.4. The molecule has 1 atom stereocenters. The summed E-state index contributed by atoms with van der Waals surface area (Å²) >= 11 is 0. The first-order chi connectivity index (χ1) is 8.22. The Hall–Kier alpha value is -1.32. The van der Waals surface area contributed by atoms with E-state index in [0.29, 0.717) is 6.04 Å². The molecule has 0 radical (unpaired) electrons. The molecule has 1 aromatic heterocycles. The number of nitrogens with zero attached hydrogens (tertiary/aromatic N) is 2. The van der Waals surface area contributed by atoms with Crippen molar-refractivity contribution >= 4 is 11.6 Å². The van der Waals surface area contributed by atoms with Gasteiger partial charge in [0.15, 0.2) is 0 Å². The minimum Gasteiger partial charge on any atom is -0.370 e. The van der Waals surface area contributed by atoms with Crippen LogP contribution in [0.5, 0.6) is 0 Å². The lowest BCUT2D eigenvalue weighted by atomic mass is 10.2. The molecule has 1 rings (SSSR count). The second-order valence-corrected chi connectivity index (χ2v) is 4.28. The first-order valence-corrected chi connectivity index (χ1v) is 6.57. The highest BCUT2D eigenvalue weighted by Gasteiger charge is 2.10. The molecule has 4 heteroatoms. The third kappa shape index (κ3) is 3.88. The fraction of sp³-hybridized carbons (Fsp3) is 0.692. The van der Waals surface area contributed by atoms with E-state index in [1.54, 1.807) is 6.33 Å². The van der Waals surface area contributed by atoms with Crippen molar-refractivity contribution in [3.05, 3.63) is 11.9 Å². The lowest BCUT2D eigenvalue weighted by molar-refractivity contribution is 0.755. The van der Waals surface area contributed by atoms with E-state index < -0.39 is 0 Å². The standard InChI is InChI=1S/C13H24N4/c1-5-8-14-12-11(7-3)13(16-9-15-12)17-10(4)6-2/h9-10H,5-8H2,1-4H3,(H2,14,15,16,17). The maximum Gasteiger partial charge on any atom is 0.134 e. The average Bonchev–Trinajstić information content (AvgIpc) is 2.36. The van der Waals surface area contributed by atoms with Crippen molar-refractivity contribution < 1.29 is 0 Å². The first kappa shape index (κ1) is 13.7. The van der Waals surface area contributed by atoms with Gasteiger partial charge < -0.3 is 10.6 Å². The lowest BCUT2D eigenvalue weighted by Crippen LogP contribution is -2.17. The van der Waals surface area contributed by atoms with Crippen LogP contribution in [0.25, 0.3) is 0 Å². The molecule has 0 bridgehead atoms. The van der Waals surface area contributed by atoms with E-state index in [1.807, 2.05) is 0 Å². The summed E-state index contributed by atoms with van der Waals surface area (Å²) in [6.45, 7) is 9.57. The Morgan fingerprint density at radius 3 is 2.47 bits per heavy atom. The summed E-state index contributed by atoms with van der Waals surface area (Å²) in [7, 11) is 0. The molecular weight excluding hydrogens is 212 g/mol. The minimum atomic E-state index is 0.439. The van der Waals surface area contributed by atoms with E-state index in [9.17, 15) is 0 Å². The molecule has 0 aliphatic rings. The molecule has 0 aliphatic carbocycles. The van der Waals surface area contributed by atoms with Crippen molar-refractivity contribution in [2.24, 2.45) is 0 Å². The van der Waals surface area contributed by atoms with Crippen LogP contribution in [0.2, 0.25) is 0 Å². The maximum atomic E-state index is 4.34. The van der Waals surface area contributed by atoms with Gasteiger partial charge in [-0.15, -0.1) is 0 Å². The molecule has 0 saturated heterocycles. The predicted molar refractivity (Wildman–Crippen MR) is 73.6 cm³/mol. The highest BCUT2D eigenvalue weighted by Crippen LogP contribution is 2.21. The number of hydrogen-bond acceptors (Lipinski definition) is 4. The second kappa shape index (κ2) is 7.09. The van der Waals surface area contributed by atoms with Gasteiger partial charge in [-0.05, 0) is 26.2 Å². The molecule has 0 fully saturated rings. The predicted octanol–water partition coefficient (Wildman–Crippen LogP) is 3.07. The SMILES string of the molecule is CCCNc1ncnc(NC(C)CC)c1CC. The molecule has 1 heterocycles. The van der Waals surface area contributed by atoms with E-state index >= 15 is 0 Å². The quantitative estimate of drug-likeness (QED) is 0.764. The fourth-order valence-corrected chi connectivity index (χ4v) is 1.60. The second-order valence-electron chi connectivity index (χ2n) is 4.28. The van der Waals surface area contributed by atoms with E-state index in [1.165, 1.54) is 5.56 Å². The molecule has 17 heavy (non-hydrogen) atoms. The van der Waals surface area contributed by atoms with Crippen LogP contribution in [-0.2, 0) is 6.42 Å². The zero-order chi connectivity index (χ0) is 12.7. The van der Waals surface area contributed by atoms with Crippen LogP contribution in [0.15, 0.2) is 6.33 Å². The molecule has 0 saturated carbocycles. The Morgan fingerprint density at radius 2 is 1.88 bits per heavy atom. The minimum absolute atomic E-state index is 0.439. The zero-order valence-corrected chi connectivity index (χ0v) is 11.4. The molecule has 1 unspecified atom stereocenters. The summed E-state index contributed by atoms with van der Waals surface area (Å²) in [5.41, 5.74) is 1.18. The van der Waals surface area contributed by atoms with Gasteiger partial charge in [0, 0.05) is 18.2 Å². The van der Waals surface area contributed by atoms with E-state index in [2.05, 4.69) is 48.3 Å². The van der Waals surface area contributed by atoms with Crippen LogP contribution in [-0.4, -0.2) is 22.6 Å². The summed E-state index contributed by atoms with van der Waals surface area (Å²) < 4.78 is 0. The van der Waals surface area contributed by atoms with Gasteiger partial charge in [-0.2, -0.15) is 0 Å². The van der Waals surface area contributed by atoms with E-state index in [0.717, 1.165) is 37.4 Å². The van der Waals surface area contributed by atoms with Gasteiger partial charge in [0.1, 0.15) is 18.0 Å². The molecule has 0 amide bonds. The van der Waals surface area contributed by atoms with Crippen molar-refractivity contribution in [3.63, 3.8) is 0 Å². The lowest BCUT2D eigenvalue weighted by Gasteiger charge is -2.17. The Balaban J connectivity index is 2.88. The number of rotatable bonds is 7. The van der Waals surface area contributed by atoms with Gasteiger partial charge in [-0.25, -0.2) is 9.97 Å². The molecular formula is C13H24N4. The topological polar surface area (TPSA) is 49.8 Å². The summed E-state index contributed by atoms with van der Waals surface area (Å²) in [6, 6.07) is 0.439. The number of anilines is 2. The van der Waals surface area contributed by atoms with Gasteiger partial charge in [0.25, 0.3) is 0 Å². The van der Waals surface area contributed by atoms with Crippen LogP contribution < -0.4 is 10.6 Å². The van der Waals surface area contributed by atoms with Crippen molar-refractivity contribution in [2.75, 3.05) is 17.2 Å². The van der Waals surface area contributed by atoms with Crippen LogP contribution in [0.1, 0.15) is 46.1 Å². The molecule has 1 aromatic rings. The van der Waals surface area contributed by atoms with Crippen molar-refractivity contribution in [1.82, 2.24) is 9.97 Å². The third-order valence-corrected chi connectivity index (χ3v) is 2.84. The third-order valence-electron chi connectivity index (χ3n) is 2.84. The Kier molecular flexibility index (Phi) is 5.73. The van der Waals surface area contributed by atoms with E-state index in [4.69, 9.17) is 0 Å². The maximum absolute atomic E-state index is 4.34. The normalized spacial score (nSPS) is 12.2. The monoisotopic (exact) mass is 236 g/mol. The van der Waals surface area contributed by atoms with Crippen LogP contribution in [0, 0.1) is 0 Å². The number of nitrogens with one attached hydrogen (secondary N) is 2. The molecule has 4 nitrogen and oxygen atoms in total. The average molecular weight is 236 g/mol. The van der Waals surface area contributed by atoms with Gasteiger partial charge in [0.2, 0.25) is 0 Å². The Bertz CT molecular complexity index is 338. The van der Waals surface area contributed by atoms with Gasteiger partial charge in [-0.3, -0.25) is 0 Å². The smallest absolute Gasteiger partial charge is 0.134 e. The van der Waals surface area contributed by atoms with Crippen LogP contribution in [0.3, 0.4) is 0 Å². The van der Waals surface area contributed by atoms with Crippen molar-refractivity contribution in [1.29, 1.82) is 0 Å². The number of hydrogen-bond donors (Lipinski definition) is 2. The Labute approximate surface area is 104 Å². The van der Waals surface area contributed by atoms with Crippen molar-refractivity contribution in [3.8, 4) is 0 Å². The van der Waals surface area contributed by atoms with Gasteiger partial charge in [-0.1, -0.05) is 20.8 Å².